The van der Waals surface area contributed by atoms with Crippen LogP contribution in [-0.2, 0) is 4.79 Å². The number of carbonyl (C=O) groups is 1. The number of halogens is 2. The van der Waals surface area contributed by atoms with Gasteiger partial charge >= 0.3 is 0 Å². The van der Waals surface area contributed by atoms with Gasteiger partial charge in [0.1, 0.15) is 16.5 Å². The first kappa shape index (κ1) is 19.3. The topological polar surface area (TPSA) is 76.7 Å². The van der Waals surface area contributed by atoms with Gasteiger partial charge in [-0.25, -0.2) is 10.4 Å². The van der Waals surface area contributed by atoms with Gasteiger partial charge in [-0.15, -0.1) is 0 Å². The number of aromatic nitrogens is 1. The summed E-state index contributed by atoms with van der Waals surface area (Å²) in [4.78, 5) is 16.0. The lowest BCUT2D eigenvalue weighted by atomic mass is 10.3. The molecule has 27 heavy (non-hydrogen) atoms. The first-order valence-corrected chi connectivity index (χ1v) is 9.26. The molecule has 0 unspecified atom stereocenters. The lowest BCUT2D eigenvalue weighted by Gasteiger charge is -2.06. The number of ether oxygens (including phenoxy) is 1. The zero-order valence-electron chi connectivity index (χ0n) is 13.8. The number of nitrogens with one attached hydrogen (secondary N) is 1. The molecule has 1 N–H and O–H groups in total. The Bertz CT molecular complexity index is 948. The minimum Gasteiger partial charge on any atom is -0.482 e. The second-order valence-electron chi connectivity index (χ2n) is 5.08. The normalized spacial score (nSPS) is 10.9. The molecule has 0 spiro atoms. The molecule has 2 aromatic heterocycles. The molecule has 3 aromatic rings. The van der Waals surface area contributed by atoms with E-state index in [1.165, 1.54) is 24.0 Å². The van der Waals surface area contributed by atoms with Gasteiger partial charge < -0.3 is 9.15 Å². The van der Waals surface area contributed by atoms with Crippen LogP contribution in [0.4, 0.5) is 0 Å². The van der Waals surface area contributed by atoms with Crippen LogP contribution in [0, 0.1) is 0 Å². The summed E-state index contributed by atoms with van der Waals surface area (Å²) in [6, 6.07) is 13.9. The number of nitrogens with zero attached hydrogens (tertiary/aromatic N) is 2. The number of hydrogen-bond acceptors (Lipinski definition) is 6. The fourth-order valence-corrected chi connectivity index (χ4v) is 3.11. The number of benzene rings is 1. The number of pyridine rings is 1. The van der Waals surface area contributed by atoms with Gasteiger partial charge in [0.05, 0.1) is 11.2 Å². The van der Waals surface area contributed by atoms with E-state index < -0.39 is 5.91 Å². The Kier molecular flexibility index (Phi) is 6.75. The Hall–Kier alpha value is -2.48. The fraction of sp³-hybridized carbons (Fsp3) is 0.0556. The maximum Gasteiger partial charge on any atom is 0.277 e. The van der Waals surface area contributed by atoms with Gasteiger partial charge in [-0.2, -0.15) is 5.10 Å². The van der Waals surface area contributed by atoms with Gasteiger partial charge in [0.15, 0.2) is 11.7 Å². The summed E-state index contributed by atoms with van der Waals surface area (Å²) < 4.78 is 10.9. The molecule has 0 aliphatic rings. The quantitative estimate of drug-likeness (QED) is 0.443. The van der Waals surface area contributed by atoms with Crippen molar-refractivity contribution >= 4 is 47.1 Å². The predicted octanol–water partition coefficient (Wildman–Crippen LogP) is 4.66. The summed E-state index contributed by atoms with van der Waals surface area (Å²) in [6.07, 6.45) is 3.11. The Morgan fingerprint density at radius 1 is 1.26 bits per heavy atom. The zero-order chi connectivity index (χ0) is 19.1. The molecule has 2 heterocycles. The lowest BCUT2D eigenvalue weighted by molar-refractivity contribution is -0.123. The molecule has 1 aromatic carbocycles. The summed E-state index contributed by atoms with van der Waals surface area (Å²) >= 11 is 13.2. The van der Waals surface area contributed by atoms with Crippen molar-refractivity contribution in [2.45, 2.75) is 10.1 Å². The molecule has 0 saturated carbocycles. The van der Waals surface area contributed by atoms with E-state index in [1.807, 2.05) is 18.2 Å². The van der Waals surface area contributed by atoms with Crippen LogP contribution in [0.3, 0.4) is 0 Å². The minimum absolute atomic E-state index is 0.238. The van der Waals surface area contributed by atoms with Crippen molar-refractivity contribution in [1.82, 2.24) is 10.4 Å². The molecule has 1 amide bonds. The van der Waals surface area contributed by atoms with Crippen molar-refractivity contribution in [2.75, 3.05) is 6.61 Å². The van der Waals surface area contributed by atoms with E-state index in [-0.39, 0.29) is 6.61 Å². The Labute approximate surface area is 169 Å². The molecule has 138 valence electrons. The number of hydrazone groups is 1. The van der Waals surface area contributed by atoms with Gasteiger partial charge in [-0.3, -0.25) is 4.79 Å². The van der Waals surface area contributed by atoms with E-state index in [4.69, 9.17) is 32.4 Å². The smallest absolute Gasteiger partial charge is 0.277 e. The molecule has 0 atom stereocenters. The van der Waals surface area contributed by atoms with Crippen molar-refractivity contribution in [3.63, 3.8) is 0 Å². The van der Waals surface area contributed by atoms with Crippen LogP contribution in [-0.4, -0.2) is 23.7 Å². The second-order valence-corrected chi connectivity index (χ2v) is 6.95. The van der Waals surface area contributed by atoms with Crippen molar-refractivity contribution in [1.29, 1.82) is 0 Å². The Morgan fingerprint density at radius 3 is 2.93 bits per heavy atom. The molecule has 0 aliphatic carbocycles. The van der Waals surface area contributed by atoms with Gasteiger partial charge in [-0.1, -0.05) is 29.3 Å². The lowest BCUT2D eigenvalue weighted by Crippen LogP contribution is -2.24. The van der Waals surface area contributed by atoms with E-state index in [0.717, 1.165) is 5.03 Å². The first-order chi connectivity index (χ1) is 13.1. The van der Waals surface area contributed by atoms with E-state index >= 15 is 0 Å². The number of rotatable bonds is 7. The van der Waals surface area contributed by atoms with Crippen LogP contribution in [0.1, 0.15) is 5.76 Å². The van der Waals surface area contributed by atoms with Crippen LogP contribution >= 0.6 is 35.0 Å². The molecule has 0 radical (unpaired) electrons. The first-order valence-electron chi connectivity index (χ1n) is 7.68. The van der Waals surface area contributed by atoms with Crippen molar-refractivity contribution in [2.24, 2.45) is 5.10 Å². The van der Waals surface area contributed by atoms with Crippen LogP contribution in [0.25, 0.3) is 0 Å². The predicted molar refractivity (Wildman–Crippen MR) is 105 cm³/mol. The maximum absolute atomic E-state index is 11.8. The molecule has 0 saturated heterocycles. The monoisotopic (exact) mass is 421 g/mol. The summed E-state index contributed by atoms with van der Waals surface area (Å²) in [7, 11) is 0. The highest BCUT2D eigenvalue weighted by atomic mass is 35.5. The van der Waals surface area contributed by atoms with Gasteiger partial charge in [-0.05, 0) is 54.2 Å². The molecular weight excluding hydrogens is 409 g/mol. The number of carbonyl (C=O) groups excluding carboxylic acids is 1. The van der Waals surface area contributed by atoms with Crippen molar-refractivity contribution < 1.29 is 13.9 Å². The Balaban J connectivity index is 1.46. The highest BCUT2D eigenvalue weighted by Gasteiger charge is 2.06. The van der Waals surface area contributed by atoms with Crippen LogP contribution in [0.15, 0.2) is 74.4 Å². The third kappa shape index (κ3) is 6.02. The van der Waals surface area contributed by atoms with E-state index in [9.17, 15) is 4.79 Å². The van der Waals surface area contributed by atoms with E-state index in [0.29, 0.717) is 26.6 Å². The van der Waals surface area contributed by atoms with Crippen LogP contribution in [0.5, 0.6) is 5.75 Å². The van der Waals surface area contributed by atoms with Gasteiger partial charge in [0.25, 0.3) is 5.91 Å². The summed E-state index contributed by atoms with van der Waals surface area (Å²) in [5, 5.41) is 6.14. The number of furan rings is 1. The minimum atomic E-state index is -0.438. The summed E-state index contributed by atoms with van der Waals surface area (Å²) in [6.45, 7) is -0.238. The molecule has 0 aliphatic heterocycles. The standard InChI is InChI=1S/C18H13Cl2N3O3S/c19-12-4-6-15(14(20)9-12)25-11-16(24)23-22-10-13-5-7-18(26-13)27-17-3-1-2-8-21-17/h1-10H,11H2,(H,23,24)/b22-10-. The fourth-order valence-electron chi connectivity index (χ4n) is 1.90. The molecule has 9 heteroatoms. The van der Waals surface area contributed by atoms with E-state index in [1.54, 1.807) is 30.5 Å². The second kappa shape index (κ2) is 9.45. The highest BCUT2D eigenvalue weighted by molar-refractivity contribution is 7.99. The average molecular weight is 422 g/mol. The molecule has 0 bridgehead atoms. The molecule has 0 fully saturated rings. The summed E-state index contributed by atoms with van der Waals surface area (Å²) in [5.74, 6) is 0.421. The third-order valence-electron chi connectivity index (χ3n) is 3.08. The SMILES string of the molecule is O=C(COc1ccc(Cl)cc1Cl)N/N=C\c1ccc(Sc2ccccn2)o1. The largest absolute Gasteiger partial charge is 0.482 e. The van der Waals surface area contributed by atoms with Crippen LogP contribution in [0.2, 0.25) is 10.0 Å². The maximum atomic E-state index is 11.8. The molecule has 6 nitrogen and oxygen atoms in total. The van der Waals surface area contributed by atoms with E-state index in [2.05, 4.69) is 15.5 Å². The van der Waals surface area contributed by atoms with Crippen molar-refractivity contribution in [3.8, 4) is 5.75 Å². The van der Waals surface area contributed by atoms with Crippen molar-refractivity contribution in [3.05, 3.63) is 70.5 Å². The van der Waals surface area contributed by atoms with Gasteiger partial charge in [0.2, 0.25) is 0 Å². The van der Waals surface area contributed by atoms with Crippen LogP contribution < -0.4 is 10.2 Å². The zero-order valence-corrected chi connectivity index (χ0v) is 16.1. The third-order valence-corrected chi connectivity index (χ3v) is 4.48. The number of amides is 1. The Morgan fingerprint density at radius 2 is 2.15 bits per heavy atom. The average Bonchev–Trinajstić information content (AvgIpc) is 3.09. The molecular formula is C18H13Cl2N3O3S. The van der Waals surface area contributed by atoms with Gasteiger partial charge in [0, 0.05) is 11.2 Å². The highest BCUT2D eigenvalue weighted by Crippen LogP contribution is 2.28. The summed E-state index contributed by atoms with van der Waals surface area (Å²) in [5.41, 5.74) is 2.35. The number of hydrogen-bond donors (Lipinski definition) is 1. The molecule has 3 rings (SSSR count).